The SMILES string of the molecule is O=C(NC1CCC(c2ccccc2)CC1)c1cccc(F)c1. The van der Waals surface area contributed by atoms with Gasteiger partial charge in [0.2, 0.25) is 0 Å². The molecule has 0 unspecified atom stereocenters. The molecule has 0 aromatic heterocycles. The Morgan fingerprint density at radius 1 is 0.955 bits per heavy atom. The van der Waals surface area contributed by atoms with E-state index < -0.39 is 0 Å². The van der Waals surface area contributed by atoms with Gasteiger partial charge < -0.3 is 5.32 Å². The minimum absolute atomic E-state index is 0.178. The van der Waals surface area contributed by atoms with Gasteiger partial charge in [-0.15, -0.1) is 0 Å². The Kier molecular flexibility index (Phi) is 4.52. The maximum absolute atomic E-state index is 13.2. The fourth-order valence-corrected chi connectivity index (χ4v) is 3.19. The summed E-state index contributed by atoms with van der Waals surface area (Å²) in [7, 11) is 0. The Morgan fingerprint density at radius 3 is 2.36 bits per heavy atom. The number of carbonyl (C=O) groups is 1. The van der Waals surface area contributed by atoms with Crippen LogP contribution < -0.4 is 5.32 Å². The summed E-state index contributed by atoms with van der Waals surface area (Å²) in [6, 6.07) is 16.6. The van der Waals surface area contributed by atoms with E-state index in [9.17, 15) is 9.18 Å². The molecule has 0 aliphatic heterocycles. The predicted molar refractivity (Wildman–Crippen MR) is 85.3 cm³/mol. The first kappa shape index (κ1) is 14.8. The number of benzene rings is 2. The van der Waals surface area contributed by atoms with Crippen LogP contribution in [0.3, 0.4) is 0 Å². The molecule has 1 aliphatic carbocycles. The highest BCUT2D eigenvalue weighted by Crippen LogP contribution is 2.32. The number of halogens is 1. The third-order valence-electron chi connectivity index (χ3n) is 4.42. The molecule has 1 N–H and O–H groups in total. The van der Waals surface area contributed by atoms with Gasteiger partial charge >= 0.3 is 0 Å². The normalized spacial score (nSPS) is 21.3. The molecule has 2 aromatic carbocycles. The van der Waals surface area contributed by atoms with E-state index in [1.54, 1.807) is 12.1 Å². The summed E-state index contributed by atoms with van der Waals surface area (Å²) in [6.07, 6.45) is 4.11. The number of nitrogens with one attached hydrogen (secondary N) is 1. The summed E-state index contributed by atoms with van der Waals surface area (Å²) in [5, 5.41) is 3.03. The van der Waals surface area contributed by atoms with Crippen molar-refractivity contribution in [3.63, 3.8) is 0 Å². The van der Waals surface area contributed by atoms with Crippen LogP contribution in [-0.2, 0) is 0 Å². The summed E-state index contributed by atoms with van der Waals surface area (Å²) in [5.41, 5.74) is 1.78. The number of carbonyl (C=O) groups excluding carboxylic acids is 1. The molecule has 0 atom stereocenters. The van der Waals surface area contributed by atoms with Gasteiger partial charge in [-0.2, -0.15) is 0 Å². The second kappa shape index (κ2) is 6.73. The molecule has 3 rings (SSSR count). The van der Waals surface area contributed by atoms with Gasteiger partial charge in [-0.25, -0.2) is 4.39 Å². The molecule has 22 heavy (non-hydrogen) atoms. The van der Waals surface area contributed by atoms with Crippen molar-refractivity contribution in [1.82, 2.24) is 5.32 Å². The minimum Gasteiger partial charge on any atom is -0.349 e. The fraction of sp³-hybridized carbons (Fsp3) is 0.316. The summed E-state index contributed by atoms with van der Waals surface area (Å²) in [6.45, 7) is 0. The fourth-order valence-electron chi connectivity index (χ4n) is 3.19. The van der Waals surface area contributed by atoms with Crippen LogP contribution in [0.5, 0.6) is 0 Å². The summed E-state index contributed by atoms with van der Waals surface area (Å²) in [4.78, 5) is 12.1. The van der Waals surface area contributed by atoms with Gasteiger partial charge in [-0.1, -0.05) is 36.4 Å². The monoisotopic (exact) mass is 297 g/mol. The van der Waals surface area contributed by atoms with E-state index in [2.05, 4.69) is 29.6 Å². The van der Waals surface area contributed by atoms with Gasteiger partial charge in [0, 0.05) is 11.6 Å². The molecular weight excluding hydrogens is 277 g/mol. The molecule has 114 valence electrons. The highest BCUT2D eigenvalue weighted by Gasteiger charge is 2.23. The Balaban J connectivity index is 1.55. The Bertz CT molecular complexity index is 633. The molecule has 0 spiro atoms. The summed E-state index contributed by atoms with van der Waals surface area (Å²) < 4.78 is 13.2. The van der Waals surface area contributed by atoms with E-state index in [0.29, 0.717) is 11.5 Å². The van der Waals surface area contributed by atoms with Gasteiger partial charge in [-0.05, 0) is 55.4 Å². The van der Waals surface area contributed by atoms with Crippen LogP contribution >= 0.6 is 0 Å². The maximum atomic E-state index is 13.2. The zero-order chi connectivity index (χ0) is 15.4. The number of hydrogen-bond donors (Lipinski definition) is 1. The van der Waals surface area contributed by atoms with E-state index >= 15 is 0 Å². The van der Waals surface area contributed by atoms with E-state index in [1.807, 2.05) is 6.07 Å². The van der Waals surface area contributed by atoms with Crippen LogP contribution in [0.25, 0.3) is 0 Å². The zero-order valence-corrected chi connectivity index (χ0v) is 12.5. The second-order valence-electron chi connectivity index (χ2n) is 5.94. The van der Waals surface area contributed by atoms with E-state index in [0.717, 1.165) is 25.7 Å². The Morgan fingerprint density at radius 2 is 1.68 bits per heavy atom. The van der Waals surface area contributed by atoms with Crippen LogP contribution in [0.4, 0.5) is 4.39 Å². The summed E-state index contributed by atoms with van der Waals surface area (Å²) in [5.74, 6) is 0.0339. The third kappa shape index (κ3) is 3.53. The first-order valence-corrected chi connectivity index (χ1v) is 7.84. The Labute approximate surface area is 130 Å². The van der Waals surface area contributed by atoms with E-state index in [1.165, 1.54) is 17.7 Å². The molecule has 1 aliphatic rings. The van der Waals surface area contributed by atoms with Gasteiger partial charge in [0.1, 0.15) is 5.82 Å². The first-order valence-electron chi connectivity index (χ1n) is 7.84. The van der Waals surface area contributed by atoms with Crippen LogP contribution in [0.2, 0.25) is 0 Å². The lowest BCUT2D eigenvalue weighted by atomic mass is 9.82. The van der Waals surface area contributed by atoms with Crippen molar-refractivity contribution in [1.29, 1.82) is 0 Å². The average molecular weight is 297 g/mol. The molecule has 1 fully saturated rings. The third-order valence-corrected chi connectivity index (χ3v) is 4.42. The summed E-state index contributed by atoms with van der Waals surface area (Å²) >= 11 is 0. The average Bonchev–Trinajstić information content (AvgIpc) is 2.56. The molecule has 0 saturated heterocycles. The zero-order valence-electron chi connectivity index (χ0n) is 12.5. The number of hydrogen-bond acceptors (Lipinski definition) is 1. The number of rotatable bonds is 3. The number of amides is 1. The predicted octanol–water partition coefficient (Wildman–Crippen LogP) is 4.28. The van der Waals surface area contributed by atoms with Crippen LogP contribution in [0, 0.1) is 5.82 Å². The van der Waals surface area contributed by atoms with Crippen LogP contribution in [0.1, 0.15) is 47.5 Å². The highest BCUT2D eigenvalue weighted by atomic mass is 19.1. The smallest absolute Gasteiger partial charge is 0.251 e. The Hall–Kier alpha value is -2.16. The lowest BCUT2D eigenvalue weighted by Crippen LogP contribution is -2.37. The van der Waals surface area contributed by atoms with Crippen molar-refractivity contribution in [2.24, 2.45) is 0 Å². The second-order valence-corrected chi connectivity index (χ2v) is 5.94. The topological polar surface area (TPSA) is 29.1 Å². The quantitative estimate of drug-likeness (QED) is 0.900. The molecule has 2 aromatic rings. The van der Waals surface area contributed by atoms with Gasteiger partial charge in [0.05, 0.1) is 0 Å². The lowest BCUT2D eigenvalue weighted by Gasteiger charge is -2.29. The van der Waals surface area contributed by atoms with Gasteiger partial charge in [-0.3, -0.25) is 4.79 Å². The van der Waals surface area contributed by atoms with Crippen molar-refractivity contribution in [3.8, 4) is 0 Å². The van der Waals surface area contributed by atoms with Crippen molar-refractivity contribution in [2.45, 2.75) is 37.6 Å². The standard InChI is InChI=1S/C19H20FNO/c20-17-8-4-7-16(13-17)19(22)21-18-11-9-15(10-12-18)14-5-2-1-3-6-14/h1-8,13,15,18H,9-12H2,(H,21,22). The molecule has 3 heteroatoms. The van der Waals surface area contributed by atoms with E-state index in [4.69, 9.17) is 0 Å². The van der Waals surface area contributed by atoms with Crippen molar-refractivity contribution in [3.05, 3.63) is 71.5 Å². The minimum atomic E-state index is -0.375. The lowest BCUT2D eigenvalue weighted by molar-refractivity contribution is 0.0925. The van der Waals surface area contributed by atoms with Crippen molar-refractivity contribution < 1.29 is 9.18 Å². The molecule has 2 nitrogen and oxygen atoms in total. The van der Waals surface area contributed by atoms with Crippen LogP contribution in [-0.4, -0.2) is 11.9 Å². The first-order chi connectivity index (χ1) is 10.7. The maximum Gasteiger partial charge on any atom is 0.251 e. The molecule has 0 heterocycles. The van der Waals surface area contributed by atoms with E-state index in [-0.39, 0.29) is 17.8 Å². The molecule has 0 bridgehead atoms. The van der Waals surface area contributed by atoms with Crippen molar-refractivity contribution in [2.75, 3.05) is 0 Å². The molecule has 1 saturated carbocycles. The van der Waals surface area contributed by atoms with Gasteiger partial charge in [0.25, 0.3) is 5.91 Å². The molecule has 0 radical (unpaired) electrons. The largest absolute Gasteiger partial charge is 0.349 e. The molecule has 1 amide bonds. The molecular formula is C19H20FNO. The van der Waals surface area contributed by atoms with Crippen molar-refractivity contribution >= 4 is 5.91 Å². The van der Waals surface area contributed by atoms with Crippen LogP contribution in [0.15, 0.2) is 54.6 Å². The van der Waals surface area contributed by atoms with Gasteiger partial charge in [0.15, 0.2) is 0 Å². The highest BCUT2D eigenvalue weighted by molar-refractivity contribution is 5.94.